The first kappa shape index (κ1) is 14.4. The summed E-state index contributed by atoms with van der Waals surface area (Å²) < 4.78 is 10.3. The number of carbonyl (C=O) groups excluding carboxylic acids is 1. The third kappa shape index (κ3) is 8.39. The van der Waals surface area contributed by atoms with Gasteiger partial charge in [0, 0.05) is 20.1 Å². The molecule has 0 spiro atoms. The molecule has 0 aliphatic carbocycles. The van der Waals surface area contributed by atoms with Gasteiger partial charge in [-0.2, -0.15) is 0 Å². The van der Waals surface area contributed by atoms with Crippen molar-refractivity contribution in [2.45, 2.75) is 39.2 Å². The smallest absolute Gasteiger partial charge is 0.307 e. The minimum Gasteiger partial charge on any atom is -0.466 e. The van der Waals surface area contributed by atoms with Crippen LogP contribution in [0.4, 0.5) is 0 Å². The van der Waals surface area contributed by atoms with Crippen LogP contribution >= 0.6 is 0 Å². The van der Waals surface area contributed by atoms with Gasteiger partial charge in [-0.3, -0.25) is 4.79 Å². The first-order valence-electron chi connectivity index (χ1n) is 5.43. The Morgan fingerprint density at radius 2 is 2.07 bits per heavy atom. The van der Waals surface area contributed by atoms with Crippen molar-refractivity contribution < 1.29 is 14.3 Å². The van der Waals surface area contributed by atoms with E-state index in [1.54, 1.807) is 7.11 Å². The molecule has 0 heterocycles. The Bertz CT molecular complexity index is 181. The Morgan fingerprint density at radius 1 is 1.40 bits per heavy atom. The topological polar surface area (TPSA) is 47.6 Å². The molecule has 4 nitrogen and oxygen atoms in total. The van der Waals surface area contributed by atoms with Gasteiger partial charge in [-0.25, -0.2) is 0 Å². The van der Waals surface area contributed by atoms with Crippen molar-refractivity contribution in [2.24, 2.45) is 0 Å². The highest BCUT2D eigenvalue weighted by Crippen LogP contribution is 2.12. The summed E-state index contributed by atoms with van der Waals surface area (Å²) in [5.41, 5.74) is -0.220. The second kappa shape index (κ2) is 7.65. The maximum atomic E-state index is 11.2. The molecule has 0 atom stereocenters. The second-order valence-corrected chi connectivity index (χ2v) is 4.04. The fourth-order valence-electron chi connectivity index (χ4n) is 0.952. The van der Waals surface area contributed by atoms with E-state index >= 15 is 0 Å². The van der Waals surface area contributed by atoms with Crippen LogP contribution in [0.2, 0.25) is 0 Å². The number of methoxy groups -OCH3 is 1. The van der Waals surface area contributed by atoms with E-state index in [1.807, 2.05) is 20.8 Å². The largest absolute Gasteiger partial charge is 0.466 e. The zero-order valence-corrected chi connectivity index (χ0v) is 10.3. The normalized spacial score (nSPS) is 11.5. The molecule has 0 aromatic carbocycles. The molecule has 0 aliphatic rings. The minimum atomic E-state index is -0.220. The highest BCUT2D eigenvalue weighted by Gasteiger charge is 2.16. The maximum Gasteiger partial charge on any atom is 0.307 e. The van der Waals surface area contributed by atoms with E-state index in [2.05, 4.69) is 5.32 Å². The summed E-state index contributed by atoms with van der Waals surface area (Å²) in [5, 5.41) is 3.07. The van der Waals surface area contributed by atoms with Crippen LogP contribution in [-0.2, 0) is 14.3 Å². The first-order chi connectivity index (χ1) is 7.02. The molecule has 4 heteroatoms. The number of esters is 1. The lowest BCUT2D eigenvalue weighted by Gasteiger charge is -2.22. The zero-order chi connectivity index (χ0) is 11.7. The Labute approximate surface area is 92.3 Å². The molecule has 0 saturated heterocycles. The van der Waals surface area contributed by atoms with Gasteiger partial charge < -0.3 is 14.8 Å². The quantitative estimate of drug-likeness (QED) is 0.492. The molecule has 0 radical (unpaired) electrons. The van der Waals surface area contributed by atoms with Gasteiger partial charge in [0.2, 0.25) is 0 Å². The molecular weight excluding hydrogens is 194 g/mol. The first-order valence-corrected chi connectivity index (χ1v) is 5.43. The standard InChI is InChI=1S/C11H23NO3/c1-5-12-8-6-10(13)15-9-7-11(2,3)14-4/h12H,5-9H2,1-4H3. The number of ether oxygens (including phenoxy) is 2. The summed E-state index contributed by atoms with van der Waals surface area (Å²) in [5.74, 6) is -0.150. The van der Waals surface area contributed by atoms with Crippen LogP contribution in [0.5, 0.6) is 0 Å². The lowest BCUT2D eigenvalue weighted by molar-refractivity contribution is -0.145. The SMILES string of the molecule is CCNCCC(=O)OCCC(C)(C)OC. The highest BCUT2D eigenvalue weighted by atomic mass is 16.5. The molecule has 90 valence electrons. The van der Waals surface area contributed by atoms with E-state index in [-0.39, 0.29) is 11.6 Å². The highest BCUT2D eigenvalue weighted by molar-refractivity contribution is 5.69. The van der Waals surface area contributed by atoms with Gasteiger partial charge in [0.1, 0.15) is 0 Å². The van der Waals surface area contributed by atoms with Crippen LogP contribution in [0.25, 0.3) is 0 Å². The van der Waals surface area contributed by atoms with Crippen LogP contribution in [0.3, 0.4) is 0 Å². The fraction of sp³-hybridized carbons (Fsp3) is 0.909. The summed E-state index contributed by atoms with van der Waals surface area (Å²) >= 11 is 0. The summed E-state index contributed by atoms with van der Waals surface area (Å²) in [6.07, 6.45) is 1.15. The average Bonchev–Trinajstić information content (AvgIpc) is 2.18. The monoisotopic (exact) mass is 217 g/mol. The Morgan fingerprint density at radius 3 is 2.60 bits per heavy atom. The van der Waals surface area contributed by atoms with Gasteiger partial charge >= 0.3 is 5.97 Å². The van der Waals surface area contributed by atoms with Crippen molar-refractivity contribution in [2.75, 3.05) is 26.8 Å². The molecule has 0 amide bonds. The molecule has 0 aromatic heterocycles. The van der Waals surface area contributed by atoms with Crippen molar-refractivity contribution in [3.05, 3.63) is 0 Å². The zero-order valence-electron chi connectivity index (χ0n) is 10.3. The molecule has 0 rings (SSSR count). The van der Waals surface area contributed by atoms with Crippen molar-refractivity contribution in [3.8, 4) is 0 Å². The lowest BCUT2D eigenvalue weighted by atomic mass is 10.1. The molecular formula is C11H23NO3. The van der Waals surface area contributed by atoms with Gasteiger partial charge in [-0.15, -0.1) is 0 Å². The summed E-state index contributed by atoms with van der Waals surface area (Å²) in [7, 11) is 1.66. The van der Waals surface area contributed by atoms with Crippen LogP contribution in [-0.4, -0.2) is 38.4 Å². The molecule has 15 heavy (non-hydrogen) atoms. The summed E-state index contributed by atoms with van der Waals surface area (Å²) in [6.45, 7) is 7.93. The van der Waals surface area contributed by atoms with Crippen molar-refractivity contribution >= 4 is 5.97 Å². The van der Waals surface area contributed by atoms with Gasteiger partial charge in [-0.05, 0) is 20.4 Å². The van der Waals surface area contributed by atoms with Crippen LogP contribution in [0.15, 0.2) is 0 Å². The van der Waals surface area contributed by atoms with Crippen LogP contribution in [0.1, 0.15) is 33.6 Å². The lowest BCUT2D eigenvalue weighted by Crippen LogP contribution is -2.26. The Balaban J connectivity index is 3.46. The fourth-order valence-corrected chi connectivity index (χ4v) is 0.952. The molecule has 0 saturated carbocycles. The summed E-state index contributed by atoms with van der Waals surface area (Å²) in [6, 6.07) is 0. The van der Waals surface area contributed by atoms with E-state index in [9.17, 15) is 4.79 Å². The average molecular weight is 217 g/mol. The minimum absolute atomic E-state index is 0.150. The third-order valence-electron chi connectivity index (χ3n) is 2.28. The second-order valence-electron chi connectivity index (χ2n) is 4.04. The Hall–Kier alpha value is -0.610. The van der Waals surface area contributed by atoms with Gasteiger partial charge in [0.25, 0.3) is 0 Å². The van der Waals surface area contributed by atoms with E-state index in [1.165, 1.54) is 0 Å². The third-order valence-corrected chi connectivity index (χ3v) is 2.28. The van der Waals surface area contributed by atoms with E-state index in [0.29, 0.717) is 19.6 Å². The number of nitrogens with one attached hydrogen (secondary N) is 1. The van der Waals surface area contributed by atoms with Crippen molar-refractivity contribution in [1.29, 1.82) is 0 Å². The maximum absolute atomic E-state index is 11.2. The molecule has 0 aliphatic heterocycles. The van der Waals surface area contributed by atoms with Gasteiger partial charge in [0.15, 0.2) is 0 Å². The number of hydrogen-bond acceptors (Lipinski definition) is 4. The van der Waals surface area contributed by atoms with Gasteiger partial charge in [0.05, 0.1) is 18.6 Å². The summed E-state index contributed by atoms with van der Waals surface area (Å²) in [4.78, 5) is 11.2. The van der Waals surface area contributed by atoms with E-state index < -0.39 is 0 Å². The molecule has 1 N–H and O–H groups in total. The molecule has 0 unspecified atom stereocenters. The number of carbonyl (C=O) groups is 1. The Kier molecular flexibility index (Phi) is 7.34. The van der Waals surface area contributed by atoms with Crippen LogP contribution < -0.4 is 5.32 Å². The predicted molar refractivity (Wildman–Crippen MR) is 59.8 cm³/mol. The van der Waals surface area contributed by atoms with Crippen LogP contribution in [0, 0.1) is 0 Å². The van der Waals surface area contributed by atoms with E-state index in [0.717, 1.165) is 13.0 Å². The van der Waals surface area contributed by atoms with E-state index in [4.69, 9.17) is 9.47 Å². The number of hydrogen-bond donors (Lipinski definition) is 1. The molecule has 0 aromatic rings. The van der Waals surface area contributed by atoms with Crippen molar-refractivity contribution in [3.63, 3.8) is 0 Å². The van der Waals surface area contributed by atoms with Gasteiger partial charge in [-0.1, -0.05) is 6.92 Å². The molecule has 0 bridgehead atoms. The molecule has 0 fully saturated rings. The predicted octanol–water partition coefficient (Wildman–Crippen LogP) is 1.34. The van der Waals surface area contributed by atoms with Crippen molar-refractivity contribution in [1.82, 2.24) is 5.32 Å². The number of rotatable bonds is 8.